The number of aromatic nitrogens is 1. The molecule has 228 valence electrons. The van der Waals surface area contributed by atoms with Crippen LogP contribution in [-0.2, 0) is 19.1 Å². The van der Waals surface area contributed by atoms with Gasteiger partial charge in [-0.25, -0.2) is 4.98 Å². The first-order valence-corrected chi connectivity index (χ1v) is 15.1. The number of Topliss-reactive ketones (excluding diaryl/α,β-unsaturated/α-hetero) is 1. The Morgan fingerprint density at radius 3 is 2.43 bits per heavy atom. The number of benzene rings is 1. The van der Waals surface area contributed by atoms with E-state index in [0.717, 1.165) is 31.4 Å². The summed E-state index contributed by atoms with van der Waals surface area (Å²) in [6, 6.07) is 11.3. The van der Waals surface area contributed by atoms with Crippen molar-refractivity contribution in [3.63, 3.8) is 0 Å². The first-order chi connectivity index (χ1) is 20.4. The molecule has 0 bridgehead atoms. The van der Waals surface area contributed by atoms with E-state index in [4.69, 9.17) is 23.7 Å². The molecule has 1 aromatic carbocycles. The molecular formula is C33H43NO8. The van der Waals surface area contributed by atoms with E-state index in [2.05, 4.69) is 4.98 Å². The second-order valence-corrected chi connectivity index (χ2v) is 11.4. The van der Waals surface area contributed by atoms with E-state index in [1.165, 1.54) is 45.9 Å². The molecule has 4 atom stereocenters. The Balaban J connectivity index is 1.50. The van der Waals surface area contributed by atoms with E-state index in [-0.39, 0.29) is 41.4 Å². The van der Waals surface area contributed by atoms with E-state index >= 15 is 0 Å². The molecule has 2 aromatic rings. The lowest BCUT2D eigenvalue weighted by Crippen LogP contribution is -2.42. The molecule has 1 aliphatic heterocycles. The molecule has 4 rings (SSSR count). The molecule has 1 aliphatic carbocycles. The molecule has 2 heterocycles. The lowest BCUT2D eigenvalue weighted by Gasteiger charge is -2.35. The second kappa shape index (κ2) is 15.6. The number of carbonyl (C=O) groups is 3. The Bertz CT molecular complexity index is 1180. The molecule has 0 radical (unpaired) electrons. The predicted molar refractivity (Wildman–Crippen MR) is 155 cm³/mol. The van der Waals surface area contributed by atoms with Crippen LogP contribution in [0.25, 0.3) is 0 Å². The van der Waals surface area contributed by atoms with Crippen LogP contribution in [0.2, 0.25) is 0 Å². The Labute approximate surface area is 248 Å². The number of cyclic esters (lactones) is 1. The summed E-state index contributed by atoms with van der Waals surface area (Å²) in [5, 5.41) is 0. The van der Waals surface area contributed by atoms with E-state index in [0.29, 0.717) is 12.3 Å². The molecule has 1 saturated carbocycles. The van der Waals surface area contributed by atoms with Crippen LogP contribution in [-0.4, -0.2) is 48.8 Å². The standard InChI is InChI=1S/C33H43NO8/c1-22-31(42-27-15-5-4-6-16-27)25(19-24-11-7-8-12-24)13-9-10-14-26(33(37)41-22)20-28(36)30-32(40-21-39-23(2)35)29(38-3)17-18-34-30/h4-6,15-18,22,24-26,31H,7-14,19-21H2,1-3H3/t22-,25+,26+,31-/m0/s1. The Hall–Kier alpha value is -3.62. The van der Waals surface area contributed by atoms with E-state index in [9.17, 15) is 14.4 Å². The summed E-state index contributed by atoms with van der Waals surface area (Å²) in [6.07, 6.45) is 9.93. The molecule has 0 N–H and O–H groups in total. The summed E-state index contributed by atoms with van der Waals surface area (Å²) in [4.78, 5) is 42.5. The minimum absolute atomic E-state index is 0.0151. The van der Waals surface area contributed by atoms with Gasteiger partial charge in [0.1, 0.15) is 18.0 Å². The van der Waals surface area contributed by atoms with Crippen molar-refractivity contribution in [3.8, 4) is 17.2 Å². The number of rotatable bonds is 11. The minimum atomic E-state index is -0.641. The highest BCUT2D eigenvalue weighted by molar-refractivity contribution is 5.99. The van der Waals surface area contributed by atoms with Crippen molar-refractivity contribution < 1.29 is 38.1 Å². The van der Waals surface area contributed by atoms with Gasteiger partial charge in [-0.2, -0.15) is 0 Å². The number of para-hydroxylation sites is 1. The molecular weight excluding hydrogens is 538 g/mol. The number of ketones is 1. The molecule has 9 nitrogen and oxygen atoms in total. The van der Waals surface area contributed by atoms with E-state index in [1.807, 2.05) is 37.3 Å². The third-order valence-corrected chi connectivity index (χ3v) is 8.32. The third kappa shape index (κ3) is 8.69. The molecule has 0 spiro atoms. The largest absolute Gasteiger partial charge is 0.493 e. The Kier molecular flexibility index (Phi) is 11.6. The van der Waals surface area contributed by atoms with Crippen LogP contribution in [0.15, 0.2) is 42.6 Å². The van der Waals surface area contributed by atoms with Crippen LogP contribution in [0.4, 0.5) is 0 Å². The fourth-order valence-corrected chi connectivity index (χ4v) is 6.19. The maximum atomic E-state index is 13.5. The summed E-state index contributed by atoms with van der Waals surface area (Å²) in [5.41, 5.74) is 0.0151. The van der Waals surface area contributed by atoms with Crippen molar-refractivity contribution in [2.75, 3.05) is 13.9 Å². The summed E-state index contributed by atoms with van der Waals surface area (Å²) in [7, 11) is 1.44. The molecule has 1 aromatic heterocycles. The zero-order valence-corrected chi connectivity index (χ0v) is 24.9. The third-order valence-electron chi connectivity index (χ3n) is 8.32. The van der Waals surface area contributed by atoms with Gasteiger partial charge in [0.05, 0.1) is 13.0 Å². The molecule has 9 heteroatoms. The van der Waals surface area contributed by atoms with Gasteiger partial charge in [0.2, 0.25) is 6.79 Å². The maximum Gasteiger partial charge on any atom is 0.309 e. The molecule has 42 heavy (non-hydrogen) atoms. The highest BCUT2D eigenvalue weighted by Crippen LogP contribution is 2.37. The quantitative estimate of drug-likeness (QED) is 0.171. The lowest BCUT2D eigenvalue weighted by atomic mass is 9.82. The smallest absolute Gasteiger partial charge is 0.309 e. The van der Waals surface area contributed by atoms with Crippen LogP contribution in [0.1, 0.15) is 88.5 Å². The van der Waals surface area contributed by atoms with Gasteiger partial charge in [-0.1, -0.05) is 56.7 Å². The fraction of sp³-hybridized carbons (Fsp3) is 0.576. The van der Waals surface area contributed by atoms with Gasteiger partial charge in [0, 0.05) is 25.6 Å². The first-order valence-electron chi connectivity index (χ1n) is 15.1. The summed E-state index contributed by atoms with van der Waals surface area (Å²) >= 11 is 0. The maximum absolute atomic E-state index is 13.5. The fourth-order valence-electron chi connectivity index (χ4n) is 6.19. The average Bonchev–Trinajstić information content (AvgIpc) is 3.50. The minimum Gasteiger partial charge on any atom is -0.493 e. The van der Waals surface area contributed by atoms with Crippen molar-refractivity contribution in [3.05, 3.63) is 48.3 Å². The zero-order chi connectivity index (χ0) is 29.9. The van der Waals surface area contributed by atoms with Crippen LogP contribution >= 0.6 is 0 Å². The Morgan fingerprint density at radius 1 is 1.00 bits per heavy atom. The number of nitrogens with zero attached hydrogens (tertiary/aromatic N) is 1. The number of ether oxygens (including phenoxy) is 5. The highest BCUT2D eigenvalue weighted by atomic mass is 16.7. The Morgan fingerprint density at radius 2 is 1.71 bits per heavy atom. The van der Waals surface area contributed by atoms with Crippen molar-refractivity contribution in [1.82, 2.24) is 4.98 Å². The predicted octanol–water partition coefficient (Wildman–Crippen LogP) is 6.33. The van der Waals surface area contributed by atoms with E-state index in [1.54, 1.807) is 6.07 Å². The lowest BCUT2D eigenvalue weighted by molar-refractivity contribution is -0.160. The average molecular weight is 582 g/mol. The highest BCUT2D eigenvalue weighted by Gasteiger charge is 2.37. The molecule has 2 fully saturated rings. The van der Waals surface area contributed by atoms with Gasteiger partial charge in [-0.05, 0) is 50.2 Å². The van der Waals surface area contributed by atoms with Gasteiger partial charge in [0.25, 0.3) is 0 Å². The molecule has 1 saturated heterocycles. The number of methoxy groups -OCH3 is 1. The van der Waals surface area contributed by atoms with Crippen LogP contribution in [0.3, 0.4) is 0 Å². The van der Waals surface area contributed by atoms with Gasteiger partial charge in [0.15, 0.2) is 23.0 Å². The van der Waals surface area contributed by atoms with Crippen LogP contribution < -0.4 is 14.2 Å². The molecule has 2 aliphatic rings. The molecule has 0 unspecified atom stereocenters. The first kappa shape index (κ1) is 31.3. The van der Waals surface area contributed by atoms with Gasteiger partial charge >= 0.3 is 11.9 Å². The van der Waals surface area contributed by atoms with Crippen LogP contribution in [0, 0.1) is 17.8 Å². The van der Waals surface area contributed by atoms with Crippen molar-refractivity contribution >= 4 is 17.7 Å². The molecule has 0 amide bonds. The van der Waals surface area contributed by atoms with Gasteiger partial charge < -0.3 is 23.7 Å². The normalized spacial score (nSPS) is 23.5. The number of carbonyl (C=O) groups excluding carboxylic acids is 3. The topological polar surface area (TPSA) is 110 Å². The van der Waals surface area contributed by atoms with Gasteiger partial charge in [-0.3, -0.25) is 14.4 Å². The summed E-state index contributed by atoms with van der Waals surface area (Å²) < 4.78 is 28.4. The SMILES string of the molecule is COc1ccnc(C(=O)C[C@H]2CCCC[C@H](CC3CCCC3)[C@@H](Oc3ccccc3)[C@H](C)OC2=O)c1OCOC(C)=O. The van der Waals surface area contributed by atoms with Crippen molar-refractivity contribution in [2.24, 2.45) is 17.8 Å². The van der Waals surface area contributed by atoms with Gasteiger partial charge in [-0.15, -0.1) is 0 Å². The number of esters is 2. The number of hydrogen-bond donors (Lipinski definition) is 0. The summed E-state index contributed by atoms with van der Waals surface area (Å²) in [5.74, 6) is 0.0979. The zero-order valence-electron chi connectivity index (χ0n) is 24.9. The number of pyridine rings is 1. The van der Waals surface area contributed by atoms with E-state index < -0.39 is 30.8 Å². The van der Waals surface area contributed by atoms with Crippen molar-refractivity contribution in [2.45, 2.75) is 90.3 Å². The van der Waals surface area contributed by atoms with Crippen LogP contribution in [0.5, 0.6) is 17.2 Å². The monoisotopic (exact) mass is 581 g/mol. The number of hydrogen-bond acceptors (Lipinski definition) is 9. The second-order valence-electron chi connectivity index (χ2n) is 11.4. The van der Waals surface area contributed by atoms with Crippen molar-refractivity contribution in [1.29, 1.82) is 0 Å². The summed E-state index contributed by atoms with van der Waals surface area (Å²) in [6.45, 7) is 2.76.